The number of hydrogen-bond acceptors (Lipinski definition) is 2. The van der Waals surface area contributed by atoms with Gasteiger partial charge in [-0.1, -0.05) is 12.1 Å². The van der Waals surface area contributed by atoms with Gasteiger partial charge in [0.15, 0.2) is 0 Å². The van der Waals surface area contributed by atoms with Gasteiger partial charge in [-0.3, -0.25) is 0 Å². The Morgan fingerprint density at radius 1 is 1.25 bits per heavy atom. The highest BCUT2D eigenvalue weighted by atomic mass is 19.1. The molecular weight excluding hydrogens is 155 g/mol. The summed E-state index contributed by atoms with van der Waals surface area (Å²) in [6.07, 6.45) is 0. The minimum absolute atomic E-state index is 0.197. The van der Waals surface area contributed by atoms with E-state index in [1.165, 1.54) is 12.1 Å². The fourth-order valence-electron chi connectivity index (χ4n) is 0.937. The lowest BCUT2D eigenvalue weighted by Crippen LogP contribution is -2.21. The molecule has 0 fully saturated rings. The number of rotatable bonds is 4. The van der Waals surface area contributed by atoms with Crippen LogP contribution < -0.4 is 11.1 Å². The first-order valence-corrected chi connectivity index (χ1v) is 3.98. The summed E-state index contributed by atoms with van der Waals surface area (Å²) in [7, 11) is 0. The molecule has 3 N–H and O–H groups in total. The molecule has 0 saturated heterocycles. The molecule has 12 heavy (non-hydrogen) atoms. The van der Waals surface area contributed by atoms with Gasteiger partial charge in [0, 0.05) is 19.6 Å². The number of nitrogens with two attached hydrogens (primary N) is 1. The molecule has 0 aromatic heterocycles. The van der Waals surface area contributed by atoms with Gasteiger partial charge in [-0.15, -0.1) is 0 Å². The van der Waals surface area contributed by atoms with Gasteiger partial charge >= 0.3 is 0 Å². The van der Waals surface area contributed by atoms with Crippen molar-refractivity contribution >= 4 is 0 Å². The second-order valence-electron chi connectivity index (χ2n) is 2.59. The lowest BCUT2D eigenvalue weighted by atomic mass is 10.2. The molecule has 0 atom stereocenters. The van der Waals surface area contributed by atoms with Gasteiger partial charge in [-0.25, -0.2) is 4.39 Å². The molecule has 3 heteroatoms. The third kappa shape index (κ3) is 2.98. The summed E-state index contributed by atoms with van der Waals surface area (Å²) >= 11 is 0. The minimum Gasteiger partial charge on any atom is -0.329 e. The average molecular weight is 168 g/mol. The van der Waals surface area contributed by atoms with Gasteiger partial charge in [0.25, 0.3) is 0 Å². The normalized spacial score (nSPS) is 10.2. The molecule has 0 amide bonds. The Balaban J connectivity index is 2.37. The highest BCUT2D eigenvalue weighted by Crippen LogP contribution is 2.01. The zero-order valence-corrected chi connectivity index (χ0v) is 6.89. The summed E-state index contributed by atoms with van der Waals surface area (Å²) in [5.74, 6) is -0.197. The Bertz CT molecular complexity index is 220. The van der Waals surface area contributed by atoms with Gasteiger partial charge in [0.05, 0.1) is 0 Å². The SMILES string of the molecule is NCCNCc1ccc(F)cc1. The Labute approximate surface area is 71.6 Å². The molecule has 0 aliphatic carbocycles. The van der Waals surface area contributed by atoms with Gasteiger partial charge in [0.2, 0.25) is 0 Å². The van der Waals surface area contributed by atoms with E-state index in [-0.39, 0.29) is 5.82 Å². The first-order valence-electron chi connectivity index (χ1n) is 3.98. The molecule has 0 unspecified atom stereocenters. The van der Waals surface area contributed by atoms with E-state index in [0.717, 1.165) is 18.7 Å². The number of hydrogen-bond donors (Lipinski definition) is 2. The molecule has 1 aromatic carbocycles. The second-order valence-corrected chi connectivity index (χ2v) is 2.59. The highest BCUT2D eigenvalue weighted by Gasteiger charge is 1.91. The Kier molecular flexibility index (Phi) is 3.70. The monoisotopic (exact) mass is 168 g/mol. The van der Waals surface area contributed by atoms with Crippen molar-refractivity contribution in [1.82, 2.24) is 5.32 Å². The number of benzene rings is 1. The zero-order valence-electron chi connectivity index (χ0n) is 6.89. The van der Waals surface area contributed by atoms with E-state index in [1.54, 1.807) is 12.1 Å². The largest absolute Gasteiger partial charge is 0.329 e. The molecule has 0 aliphatic heterocycles. The molecule has 66 valence electrons. The van der Waals surface area contributed by atoms with E-state index in [2.05, 4.69) is 5.32 Å². The Morgan fingerprint density at radius 2 is 1.92 bits per heavy atom. The Morgan fingerprint density at radius 3 is 2.50 bits per heavy atom. The van der Waals surface area contributed by atoms with Gasteiger partial charge < -0.3 is 11.1 Å². The van der Waals surface area contributed by atoms with Gasteiger partial charge in [-0.2, -0.15) is 0 Å². The molecule has 0 spiro atoms. The van der Waals surface area contributed by atoms with Crippen LogP contribution in [0.15, 0.2) is 24.3 Å². The van der Waals surface area contributed by atoms with E-state index >= 15 is 0 Å². The summed E-state index contributed by atoms with van der Waals surface area (Å²) in [5.41, 5.74) is 6.37. The van der Waals surface area contributed by atoms with Crippen LogP contribution in [0.1, 0.15) is 5.56 Å². The Hall–Kier alpha value is -0.930. The van der Waals surface area contributed by atoms with Gasteiger partial charge in [0.1, 0.15) is 5.82 Å². The minimum atomic E-state index is -0.197. The van der Waals surface area contributed by atoms with Crippen molar-refractivity contribution in [2.75, 3.05) is 13.1 Å². The van der Waals surface area contributed by atoms with Crippen molar-refractivity contribution in [3.05, 3.63) is 35.6 Å². The van der Waals surface area contributed by atoms with Crippen LogP contribution in [0.2, 0.25) is 0 Å². The molecule has 1 aromatic rings. The summed E-state index contributed by atoms with van der Waals surface area (Å²) in [4.78, 5) is 0. The van der Waals surface area contributed by atoms with Crippen molar-refractivity contribution in [2.45, 2.75) is 6.54 Å². The zero-order chi connectivity index (χ0) is 8.81. The summed E-state index contributed by atoms with van der Waals surface area (Å²) < 4.78 is 12.4. The van der Waals surface area contributed by atoms with Crippen LogP contribution in [0, 0.1) is 5.82 Å². The molecule has 2 nitrogen and oxygen atoms in total. The van der Waals surface area contributed by atoms with E-state index in [1.807, 2.05) is 0 Å². The molecule has 0 radical (unpaired) electrons. The summed E-state index contributed by atoms with van der Waals surface area (Å²) in [6.45, 7) is 2.16. The number of nitrogens with one attached hydrogen (secondary N) is 1. The molecule has 1 rings (SSSR count). The first kappa shape index (κ1) is 9.16. The van der Waals surface area contributed by atoms with Crippen molar-refractivity contribution in [1.29, 1.82) is 0 Å². The third-order valence-corrected chi connectivity index (χ3v) is 1.56. The van der Waals surface area contributed by atoms with Crippen molar-refractivity contribution in [3.8, 4) is 0 Å². The van der Waals surface area contributed by atoms with Gasteiger partial charge in [-0.05, 0) is 17.7 Å². The standard InChI is InChI=1S/C9H13FN2/c10-9-3-1-8(2-4-9)7-12-6-5-11/h1-4,12H,5-7,11H2. The molecule has 0 saturated carbocycles. The topological polar surface area (TPSA) is 38.0 Å². The van der Waals surface area contributed by atoms with Crippen LogP contribution in [0.25, 0.3) is 0 Å². The van der Waals surface area contributed by atoms with E-state index < -0.39 is 0 Å². The third-order valence-electron chi connectivity index (χ3n) is 1.56. The van der Waals surface area contributed by atoms with Crippen LogP contribution >= 0.6 is 0 Å². The van der Waals surface area contributed by atoms with Crippen LogP contribution in [-0.4, -0.2) is 13.1 Å². The maximum atomic E-state index is 12.4. The van der Waals surface area contributed by atoms with Crippen molar-refractivity contribution in [2.24, 2.45) is 5.73 Å². The lowest BCUT2D eigenvalue weighted by Gasteiger charge is -2.02. The number of halogens is 1. The first-order chi connectivity index (χ1) is 5.83. The van der Waals surface area contributed by atoms with E-state index in [4.69, 9.17) is 5.73 Å². The van der Waals surface area contributed by atoms with Crippen LogP contribution in [0.4, 0.5) is 4.39 Å². The van der Waals surface area contributed by atoms with E-state index in [9.17, 15) is 4.39 Å². The average Bonchev–Trinajstić information content (AvgIpc) is 2.09. The quantitative estimate of drug-likeness (QED) is 0.655. The van der Waals surface area contributed by atoms with Crippen LogP contribution in [0.5, 0.6) is 0 Å². The molecule has 0 aliphatic rings. The van der Waals surface area contributed by atoms with Crippen molar-refractivity contribution < 1.29 is 4.39 Å². The fraction of sp³-hybridized carbons (Fsp3) is 0.333. The van der Waals surface area contributed by atoms with Crippen LogP contribution in [0.3, 0.4) is 0 Å². The van der Waals surface area contributed by atoms with Crippen LogP contribution in [-0.2, 0) is 6.54 Å². The predicted molar refractivity (Wildman–Crippen MR) is 47.2 cm³/mol. The fourth-order valence-corrected chi connectivity index (χ4v) is 0.937. The smallest absolute Gasteiger partial charge is 0.123 e. The maximum absolute atomic E-state index is 12.4. The summed E-state index contributed by atoms with van der Waals surface area (Å²) in [6, 6.07) is 6.44. The summed E-state index contributed by atoms with van der Waals surface area (Å²) in [5, 5.41) is 3.12. The van der Waals surface area contributed by atoms with E-state index in [0.29, 0.717) is 6.54 Å². The van der Waals surface area contributed by atoms with Crippen molar-refractivity contribution in [3.63, 3.8) is 0 Å². The molecule has 0 bridgehead atoms. The molecule has 0 heterocycles. The lowest BCUT2D eigenvalue weighted by molar-refractivity contribution is 0.625. The predicted octanol–water partition coefficient (Wildman–Crippen LogP) is 0.874. The second kappa shape index (κ2) is 4.85. The molecular formula is C9H13FN2. The highest BCUT2D eigenvalue weighted by molar-refractivity contribution is 5.15. The maximum Gasteiger partial charge on any atom is 0.123 e.